The number of benzene rings is 2. The van der Waals surface area contributed by atoms with Crippen LogP contribution in [0.4, 0.5) is 23.7 Å². The van der Waals surface area contributed by atoms with E-state index in [-0.39, 0.29) is 11.7 Å². The topological polar surface area (TPSA) is 99.8 Å². The normalized spacial score (nSPS) is 24.1. The molecule has 1 heterocycles. The van der Waals surface area contributed by atoms with Crippen LogP contribution in [0.1, 0.15) is 48.8 Å². The SMILES string of the molecule is N#Cc1cccc(C2(O)CCC(N(CCN3CC[C@@H](O)C3)C(=O)Nc3ccc(Cl)c(C(F)(F)F)c3)CC2)c1. The van der Waals surface area contributed by atoms with Gasteiger partial charge in [0.1, 0.15) is 0 Å². The maximum atomic E-state index is 13.4. The van der Waals surface area contributed by atoms with E-state index in [0.29, 0.717) is 69.4 Å². The number of hydrogen-bond donors (Lipinski definition) is 3. The highest BCUT2D eigenvalue weighted by atomic mass is 35.5. The van der Waals surface area contributed by atoms with E-state index in [1.165, 1.54) is 6.07 Å². The van der Waals surface area contributed by atoms with Crippen LogP contribution >= 0.6 is 11.6 Å². The van der Waals surface area contributed by atoms with E-state index >= 15 is 0 Å². The van der Waals surface area contributed by atoms with Gasteiger partial charge in [-0.05, 0) is 68.0 Å². The van der Waals surface area contributed by atoms with Crippen molar-refractivity contribution in [2.75, 3.05) is 31.5 Å². The summed E-state index contributed by atoms with van der Waals surface area (Å²) in [5.74, 6) is 0. The average molecular weight is 551 g/mol. The Bertz CT molecular complexity index is 1190. The maximum absolute atomic E-state index is 13.4. The van der Waals surface area contributed by atoms with Crippen molar-refractivity contribution in [3.8, 4) is 6.07 Å². The van der Waals surface area contributed by atoms with Crippen LogP contribution in [-0.2, 0) is 11.8 Å². The van der Waals surface area contributed by atoms with Crippen molar-refractivity contribution in [2.24, 2.45) is 0 Å². The Labute approximate surface area is 224 Å². The average Bonchev–Trinajstić information content (AvgIpc) is 3.30. The monoisotopic (exact) mass is 550 g/mol. The van der Waals surface area contributed by atoms with E-state index in [2.05, 4.69) is 11.4 Å². The van der Waals surface area contributed by atoms with E-state index in [1.807, 2.05) is 4.90 Å². The molecule has 1 aliphatic carbocycles. The number of alkyl halides is 3. The van der Waals surface area contributed by atoms with Gasteiger partial charge >= 0.3 is 12.2 Å². The molecular formula is C27H30ClF3N4O3. The predicted octanol–water partition coefficient (Wildman–Crippen LogP) is 4.96. The lowest BCUT2D eigenvalue weighted by Crippen LogP contribution is -2.49. The number of amides is 2. The Hall–Kier alpha value is -2.84. The number of nitriles is 1. The number of aliphatic hydroxyl groups is 2. The number of carbonyl (C=O) groups excluding carboxylic acids is 1. The number of β-amino-alcohol motifs (C(OH)–C–C–N with tert-alkyl or cyclic N) is 1. The molecule has 2 amide bonds. The van der Waals surface area contributed by atoms with E-state index in [9.17, 15) is 33.4 Å². The largest absolute Gasteiger partial charge is 0.417 e. The fourth-order valence-corrected chi connectivity index (χ4v) is 5.51. The fraction of sp³-hybridized carbons (Fsp3) is 0.481. The first-order chi connectivity index (χ1) is 18.0. The van der Waals surface area contributed by atoms with Gasteiger partial charge in [-0.3, -0.25) is 4.90 Å². The zero-order valence-electron chi connectivity index (χ0n) is 20.7. The molecule has 0 radical (unpaired) electrons. The Balaban J connectivity index is 1.50. The van der Waals surface area contributed by atoms with Gasteiger partial charge in [0.25, 0.3) is 0 Å². The Morgan fingerprint density at radius 2 is 1.95 bits per heavy atom. The van der Waals surface area contributed by atoms with Crippen molar-refractivity contribution in [1.82, 2.24) is 9.80 Å². The lowest BCUT2D eigenvalue weighted by molar-refractivity contribution is -0.137. The number of nitrogens with one attached hydrogen (secondary N) is 1. The van der Waals surface area contributed by atoms with Crippen molar-refractivity contribution in [1.29, 1.82) is 5.26 Å². The zero-order chi connectivity index (χ0) is 27.5. The molecule has 11 heteroatoms. The van der Waals surface area contributed by atoms with Crippen LogP contribution < -0.4 is 5.32 Å². The standard InChI is InChI=1S/C27H30ClF3N4O3/c28-24-5-4-20(15-23(24)27(29,30)31)33-25(37)35(13-12-34-11-8-22(36)17-34)21-6-9-26(38,10-7-21)19-3-1-2-18(14-19)16-32/h1-5,14-15,21-22,36,38H,6-13,17H2,(H,33,37)/t21?,22-,26?/m1/s1. The molecule has 1 saturated heterocycles. The number of urea groups is 1. The van der Waals surface area contributed by atoms with Gasteiger partial charge in [0.2, 0.25) is 0 Å². The molecule has 3 N–H and O–H groups in total. The van der Waals surface area contributed by atoms with Gasteiger partial charge in [0.05, 0.1) is 33.9 Å². The minimum atomic E-state index is -4.66. The molecule has 0 aromatic heterocycles. The molecule has 204 valence electrons. The number of halogens is 4. The number of anilines is 1. The lowest BCUT2D eigenvalue weighted by Gasteiger charge is -2.41. The molecule has 1 aliphatic heterocycles. The van der Waals surface area contributed by atoms with Crippen LogP contribution in [0.5, 0.6) is 0 Å². The van der Waals surface area contributed by atoms with Crippen LogP contribution in [0.25, 0.3) is 0 Å². The molecule has 7 nitrogen and oxygen atoms in total. The van der Waals surface area contributed by atoms with Gasteiger partial charge in [0, 0.05) is 37.9 Å². The maximum Gasteiger partial charge on any atom is 0.417 e. The highest BCUT2D eigenvalue weighted by Crippen LogP contribution is 2.39. The Morgan fingerprint density at radius 1 is 1.21 bits per heavy atom. The fourth-order valence-electron chi connectivity index (χ4n) is 5.29. The molecule has 38 heavy (non-hydrogen) atoms. The smallest absolute Gasteiger partial charge is 0.392 e. The van der Waals surface area contributed by atoms with Gasteiger partial charge in [-0.15, -0.1) is 0 Å². The van der Waals surface area contributed by atoms with Crippen molar-refractivity contribution in [3.05, 3.63) is 64.2 Å². The molecule has 1 atom stereocenters. The summed E-state index contributed by atoms with van der Waals surface area (Å²) in [6.07, 6.45) is -2.77. The molecule has 2 aliphatic rings. The van der Waals surface area contributed by atoms with Crippen LogP contribution in [0, 0.1) is 11.3 Å². The Morgan fingerprint density at radius 3 is 2.58 bits per heavy atom. The van der Waals surface area contributed by atoms with E-state index in [0.717, 1.165) is 12.1 Å². The third-order valence-electron chi connectivity index (χ3n) is 7.44. The van der Waals surface area contributed by atoms with Gasteiger partial charge in [-0.25, -0.2) is 4.79 Å². The van der Waals surface area contributed by atoms with Crippen LogP contribution in [0.2, 0.25) is 5.02 Å². The van der Waals surface area contributed by atoms with E-state index in [1.54, 1.807) is 29.2 Å². The van der Waals surface area contributed by atoms with Crippen molar-refractivity contribution >= 4 is 23.3 Å². The van der Waals surface area contributed by atoms with Gasteiger partial charge in [-0.1, -0.05) is 23.7 Å². The number of likely N-dealkylation sites (tertiary alicyclic amines) is 1. The summed E-state index contributed by atoms with van der Waals surface area (Å²) in [5, 5.41) is 32.5. The number of rotatable bonds is 6. The first-order valence-electron chi connectivity index (χ1n) is 12.6. The van der Waals surface area contributed by atoms with Gasteiger partial charge < -0.3 is 20.4 Å². The number of aliphatic hydroxyl groups excluding tert-OH is 1. The predicted molar refractivity (Wildman–Crippen MR) is 137 cm³/mol. The third kappa shape index (κ3) is 6.59. The van der Waals surface area contributed by atoms with Gasteiger partial charge in [-0.2, -0.15) is 18.4 Å². The number of hydrogen-bond acceptors (Lipinski definition) is 5. The molecule has 1 saturated carbocycles. The van der Waals surface area contributed by atoms with Gasteiger partial charge in [0.15, 0.2) is 0 Å². The molecule has 0 bridgehead atoms. The molecule has 2 aromatic carbocycles. The van der Waals surface area contributed by atoms with Crippen LogP contribution in [0.15, 0.2) is 42.5 Å². The van der Waals surface area contributed by atoms with Crippen molar-refractivity contribution in [3.63, 3.8) is 0 Å². The van der Waals surface area contributed by atoms with E-state index < -0.39 is 34.5 Å². The summed E-state index contributed by atoms with van der Waals surface area (Å²) in [7, 11) is 0. The molecule has 2 fully saturated rings. The summed E-state index contributed by atoms with van der Waals surface area (Å²) in [6, 6.07) is 11.4. The second-order valence-electron chi connectivity index (χ2n) is 10.0. The second kappa shape index (κ2) is 11.5. The van der Waals surface area contributed by atoms with Crippen molar-refractivity contribution < 1.29 is 28.2 Å². The summed E-state index contributed by atoms with van der Waals surface area (Å²) in [6.45, 7) is 2.01. The van der Waals surface area contributed by atoms with Crippen LogP contribution in [0.3, 0.4) is 0 Å². The van der Waals surface area contributed by atoms with Crippen molar-refractivity contribution in [2.45, 2.75) is 56.0 Å². The Kier molecular flexibility index (Phi) is 8.52. The highest BCUT2D eigenvalue weighted by Gasteiger charge is 2.39. The number of carbonyl (C=O) groups is 1. The first kappa shape index (κ1) is 28.2. The zero-order valence-corrected chi connectivity index (χ0v) is 21.5. The summed E-state index contributed by atoms with van der Waals surface area (Å²) in [4.78, 5) is 17.0. The summed E-state index contributed by atoms with van der Waals surface area (Å²) < 4.78 is 40.0. The summed E-state index contributed by atoms with van der Waals surface area (Å²) >= 11 is 5.72. The molecule has 0 spiro atoms. The molecule has 0 unspecified atom stereocenters. The minimum Gasteiger partial charge on any atom is -0.392 e. The summed E-state index contributed by atoms with van der Waals surface area (Å²) in [5.41, 5.74) is -1.08. The third-order valence-corrected chi connectivity index (χ3v) is 7.77. The quantitative estimate of drug-likeness (QED) is 0.472. The second-order valence-corrected chi connectivity index (χ2v) is 10.4. The van der Waals surface area contributed by atoms with E-state index in [4.69, 9.17) is 11.6 Å². The minimum absolute atomic E-state index is 0.0195. The molecular weight excluding hydrogens is 521 g/mol. The highest BCUT2D eigenvalue weighted by molar-refractivity contribution is 6.31. The lowest BCUT2D eigenvalue weighted by atomic mass is 9.77. The molecule has 2 aromatic rings. The first-order valence-corrected chi connectivity index (χ1v) is 12.9. The van der Waals surface area contributed by atoms with Crippen LogP contribution in [-0.4, -0.2) is 64.4 Å². The number of nitrogens with zero attached hydrogens (tertiary/aromatic N) is 3. The molecule has 4 rings (SSSR count).